The van der Waals surface area contributed by atoms with Crippen LogP contribution >= 0.6 is 0 Å². The zero-order chi connectivity index (χ0) is 16.8. The molecule has 3 nitrogen and oxygen atoms in total. The third kappa shape index (κ3) is 3.58. The Hall–Kier alpha value is -3.20. The first-order valence-electron chi connectivity index (χ1n) is 7.76. The maximum Gasteiger partial charge on any atom is 0.136 e. The van der Waals surface area contributed by atoms with Gasteiger partial charge in [-0.15, -0.1) is 0 Å². The minimum absolute atomic E-state index is 0.447. The average Bonchev–Trinajstić information content (AvgIpc) is 2.65. The molecule has 0 saturated carbocycles. The molecule has 0 spiro atoms. The fourth-order valence-corrected chi connectivity index (χ4v) is 2.44. The van der Waals surface area contributed by atoms with Crippen LogP contribution in [-0.2, 0) is 0 Å². The van der Waals surface area contributed by atoms with Crippen LogP contribution in [0.4, 0.5) is 5.69 Å². The fraction of sp³-hybridized carbons (Fsp3) is 0.0476. The van der Waals surface area contributed by atoms with E-state index in [4.69, 9.17) is 4.99 Å². The van der Waals surface area contributed by atoms with Crippen molar-refractivity contribution in [2.24, 2.45) is 10.1 Å². The Balaban J connectivity index is 2.14. The van der Waals surface area contributed by atoms with E-state index in [1.54, 1.807) is 0 Å². The van der Waals surface area contributed by atoms with Crippen LogP contribution in [0.25, 0.3) is 0 Å². The third-order valence-electron chi connectivity index (χ3n) is 3.69. The highest BCUT2D eigenvalue weighted by molar-refractivity contribution is 6.53. The van der Waals surface area contributed by atoms with E-state index in [0.717, 1.165) is 16.8 Å². The number of hydrogen-bond acceptors (Lipinski definition) is 3. The first-order valence-corrected chi connectivity index (χ1v) is 7.76. The van der Waals surface area contributed by atoms with Crippen LogP contribution in [0.3, 0.4) is 0 Å². The summed E-state index contributed by atoms with van der Waals surface area (Å²) in [6.07, 6.45) is 0. The molecule has 0 atom stereocenters. The van der Waals surface area contributed by atoms with Crippen molar-refractivity contribution in [1.82, 2.24) is 0 Å². The number of rotatable bonds is 4. The zero-order valence-electron chi connectivity index (χ0n) is 13.4. The molecule has 0 bridgehead atoms. The van der Waals surface area contributed by atoms with Gasteiger partial charge in [-0.25, -0.2) is 4.99 Å². The van der Waals surface area contributed by atoms with Crippen LogP contribution in [0.5, 0.6) is 0 Å². The summed E-state index contributed by atoms with van der Waals surface area (Å²) in [5, 5.41) is 13.2. The molecule has 0 aliphatic rings. The molecule has 0 amide bonds. The van der Waals surface area contributed by atoms with Crippen LogP contribution in [0.1, 0.15) is 16.7 Å². The predicted octanol–water partition coefficient (Wildman–Crippen LogP) is 4.99. The van der Waals surface area contributed by atoms with E-state index < -0.39 is 0 Å². The first-order chi connectivity index (χ1) is 11.8. The maximum atomic E-state index is 9.64. The molecule has 0 fully saturated rings. The molecule has 3 heteroatoms. The molecule has 0 saturated heterocycles. The monoisotopic (exact) mass is 314 g/mol. The van der Waals surface area contributed by atoms with Gasteiger partial charge >= 0.3 is 0 Å². The second-order valence-corrected chi connectivity index (χ2v) is 5.48. The van der Waals surface area contributed by atoms with E-state index in [1.165, 1.54) is 5.56 Å². The average molecular weight is 314 g/mol. The first kappa shape index (κ1) is 15.7. The fourth-order valence-electron chi connectivity index (χ4n) is 2.44. The third-order valence-corrected chi connectivity index (χ3v) is 3.69. The molecule has 3 aromatic rings. The molecule has 118 valence electrons. The van der Waals surface area contributed by atoms with Gasteiger partial charge in [0.1, 0.15) is 11.4 Å². The lowest BCUT2D eigenvalue weighted by Crippen LogP contribution is -2.17. The Morgan fingerprint density at radius 2 is 1.17 bits per heavy atom. The van der Waals surface area contributed by atoms with Crippen molar-refractivity contribution in [3.05, 3.63) is 102 Å². The number of benzene rings is 3. The van der Waals surface area contributed by atoms with Gasteiger partial charge in [0, 0.05) is 11.1 Å². The second kappa shape index (κ2) is 7.38. The van der Waals surface area contributed by atoms with Gasteiger partial charge in [0.25, 0.3) is 0 Å². The summed E-state index contributed by atoms with van der Waals surface area (Å²) in [4.78, 5) is 4.74. The highest BCUT2D eigenvalue weighted by Crippen LogP contribution is 2.18. The predicted molar refractivity (Wildman–Crippen MR) is 98.6 cm³/mol. The zero-order valence-corrected chi connectivity index (χ0v) is 13.4. The Labute approximate surface area is 141 Å². The van der Waals surface area contributed by atoms with Crippen molar-refractivity contribution in [2.45, 2.75) is 6.92 Å². The van der Waals surface area contributed by atoms with Crippen molar-refractivity contribution < 1.29 is 5.21 Å². The van der Waals surface area contributed by atoms with Crippen LogP contribution in [0, 0.1) is 6.92 Å². The molecule has 0 aliphatic carbocycles. The van der Waals surface area contributed by atoms with Crippen LogP contribution in [-0.4, -0.2) is 16.6 Å². The van der Waals surface area contributed by atoms with Gasteiger partial charge in [-0.3, -0.25) is 0 Å². The van der Waals surface area contributed by atoms with E-state index in [1.807, 2.05) is 91.9 Å². The van der Waals surface area contributed by atoms with Crippen molar-refractivity contribution in [2.75, 3.05) is 0 Å². The highest BCUT2D eigenvalue weighted by atomic mass is 16.4. The van der Waals surface area contributed by atoms with Gasteiger partial charge < -0.3 is 5.21 Å². The van der Waals surface area contributed by atoms with E-state index in [2.05, 4.69) is 5.16 Å². The Kier molecular flexibility index (Phi) is 4.82. The molecule has 24 heavy (non-hydrogen) atoms. The number of hydrogen-bond donors (Lipinski definition) is 1. The highest BCUT2D eigenvalue weighted by Gasteiger charge is 2.15. The topological polar surface area (TPSA) is 45.0 Å². The minimum Gasteiger partial charge on any atom is -0.410 e. The van der Waals surface area contributed by atoms with Gasteiger partial charge in [0.15, 0.2) is 0 Å². The van der Waals surface area contributed by atoms with E-state index in [9.17, 15) is 5.21 Å². The van der Waals surface area contributed by atoms with Gasteiger partial charge in [-0.2, -0.15) is 0 Å². The number of nitrogens with zero attached hydrogens (tertiary/aromatic N) is 2. The molecule has 0 aliphatic heterocycles. The summed E-state index contributed by atoms with van der Waals surface area (Å²) in [6, 6.07) is 27.3. The van der Waals surface area contributed by atoms with Crippen molar-refractivity contribution in [3.8, 4) is 0 Å². The lowest BCUT2D eigenvalue weighted by atomic mass is 9.99. The Bertz CT molecular complexity index is 851. The summed E-state index contributed by atoms with van der Waals surface area (Å²) in [7, 11) is 0. The largest absolute Gasteiger partial charge is 0.410 e. The second-order valence-electron chi connectivity index (χ2n) is 5.48. The Morgan fingerprint density at radius 1 is 0.667 bits per heavy atom. The molecule has 0 aromatic heterocycles. The summed E-state index contributed by atoms with van der Waals surface area (Å²) in [6.45, 7) is 2.04. The normalized spacial score (nSPS) is 12.2. The van der Waals surface area contributed by atoms with Crippen LogP contribution in [0.15, 0.2) is 95.1 Å². The molecule has 3 rings (SSSR count). The van der Waals surface area contributed by atoms with Crippen molar-refractivity contribution in [1.29, 1.82) is 0 Å². The van der Waals surface area contributed by atoms with Gasteiger partial charge in [0.2, 0.25) is 0 Å². The summed E-state index contributed by atoms with van der Waals surface area (Å²) in [5.41, 5.74) is 4.78. The van der Waals surface area contributed by atoms with E-state index in [0.29, 0.717) is 11.4 Å². The van der Waals surface area contributed by atoms with E-state index in [-0.39, 0.29) is 0 Å². The number of oxime groups is 1. The molecular formula is C21H18N2O. The molecule has 0 radical (unpaired) electrons. The van der Waals surface area contributed by atoms with Crippen LogP contribution in [0.2, 0.25) is 0 Å². The quantitative estimate of drug-likeness (QED) is 0.411. The number of aliphatic imine (C=N–C) groups is 1. The van der Waals surface area contributed by atoms with E-state index >= 15 is 0 Å². The maximum absolute atomic E-state index is 9.64. The van der Waals surface area contributed by atoms with Gasteiger partial charge in [-0.1, -0.05) is 83.5 Å². The SMILES string of the molecule is Cc1ccc(N=C(/C(=N/O)c2ccccc2)c2ccccc2)cc1. The Morgan fingerprint density at radius 3 is 1.67 bits per heavy atom. The standard InChI is InChI=1S/C21H18N2O/c1-16-12-14-19(15-13-16)22-20(17-8-4-2-5-9-17)21(23-24)18-10-6-3-7-11-18/h2-15,24H,1H3/b22-20?,23-21+. The number of aryl methyl sites for hydroxylation is 1. The van der Waals surface area contributed by atoms with Crippen LogP contribution < -0.4 is 0 Å². The summed E-state index contributed by atoms with van der Waals surface area (Å²) >= 11 is 0. The summed E-state index contributed by atoms with van der Waals surface area (Å²) in [5.74, 6) is 0. The molecule has 1 N–H and O–H groups in total. The lowest BCUT2D eigenvalue weighted by molar-refractivity contribution is 0.320. The molecular weight excluding hydrogens is 296 g/mol. The molecule has 0 unspecified atom stereocenters. The van der Waals surface area contributed by atoms with Crippen molar-refractivity contribution in [3.63, 3.8) is 0 Å². The molecule has 3 aromatic carbocycles. The minimum atomic E-state index is 0.447. The smallest absolute Gasteiger partial charge is 0.136 e. The summed E-state index contributed by atoms with van der Waals surface area (Å²) < 4.78 is 0. The van der Waals surface area contributed by atoms with Gasteiger partial charge in [-0.05, 0) is 19.1 Å². The van der Waals surface area contributed by atoms with Crippen molar-refractivity contribution >= 4 is 17.1 Å². The van der Waals surface area contributed by atoms with Gasteiger partial charge in [0.05, 0.1) is 5.69 Å². The molecule has 0 heterocycles. The lowest BCUT2D eigenvalue weighted by Gasteiger charge is -2.10.